The number of hydrogen-bond donors (Lipinski definition) is 2. The van der Waals surface area contributed by atoms with E-state index >= 15 is 0 Å². The summed E-state index contributed by atoms with van der Waals surface area (Å²) in [6, 6.07) is 15.5. The van der Waals surface area contributed by atoms with Crippen molar-refractivity contribution in [2.45, 2.75) is 59.0 Å². The zero-order valence-electron chi connectivity index (χ0n) is 20.7. The third kappa shape index (κ3) is 4.34. The van der Waals surface area contributed by atoms with E-state index in [2.05, 4.69) is 51.3 Å². The van der Waals surface area contributed by atoms with Crippen molar-refractivity contribution in [2.24, 2.45) is 0 Å². The molecule has 3 aromatic rings. The van der Waals surface area contributed by atoms with Gasteiger partial charge in [0, 0.05) is 53.4 Å². The average Bonchev–Trinajstić information content (AvgIpc) is 3.55. The minimum Gasteiger partial charge on any atom is -0.370 e. The van der Waals surface area contributed by atoms with Gasteiger partial charge in [-0.05, 0) is 95.0 Å². The Morgan fingerprint density at radius 2 is 1.85 bits per heavy atom. The van der Waals surface area contributed by atoms with Crippen LogP contribution in [0.25, 0.3) is 11.1 Å². The number of aryl methyl sites for hydroxylation is 3. The van der Waals surface area contributed by atoms with Gasteiger partial charge in [-0.15, -0.1) is 0 Å². The number of hydrogen-bond acceptors (Lipinski definition) is 4. The number of nitrogens with one attached hydrogen (secondary N) is 2. The van der Waals surface area contributed by atoms with Crippen LogP contribution in [0, 0.1) is 20.8 Å². The first kappa shape index (κ1) is 22.7. The molecule has 0 saturated carbocycles. The minimum atomic E-state index is -0.0905. The van der Waals surface area contributed by atoms with Crippen molar-refractivity contribution in [3.63, 3.8) is 0 Å². The number of carbonyl (C=O) groups excluding carboxylic acids is 1. The van der Waals surface area contributed by atoms with Crippen LogP contribution in [-0.2, 0) is 0 Å². The lowest BCUT2D eigenvalue weighted by Crippen LogP contribution is -2.39. The van der Waals surface area contributed by atoms with Crippen molar-refractivity contribution in [3.8, 4) is 11.1 Å². The number of amides is 1. The molecular formula is C28H35N5O. The molecule has 1 amide bonds. The maximum atomic E-state index is 12.9. The lowest BCUT2D eigenvalue weighted by molar-refractivity contribution is 0.102. The standard InChI is InChI=1S/C28H35N5O/c1-18-16-24(32-15-13-25(17-32)33-14-5-6-19(33)2)11-12-26(18)29-28(34)23-9-7-22(8-10-23)27-20(3)30-31-21(27)4/h7-12,16,19,25H,5-6,13-15,17H2,1-4H3,(H,29,34)(H,30,31). The van der Waals surface area contributed by atoms with Crippen LogP contribution in [0.2, 0.25) is 0 Å². The molecule has 2 aliphatic heterocycles. The lowest BCUT2D eigenvalue weighted by atomic mass is 10.0. The molecule has 2 unspecified atom stereocenters. The molecule has 5 rings (SSSR count). The fourth-order valence-corrected chi connectivity index (χ4v) is 5.69. The third-order valence-corrected chi connectivity index (χ3v) is 7.62. The van der Waals surface area contributed by atoms with Crippen molar-refractivity contribution in [1.29, 1.82) is 0 Å². The van der Waals surface area contributed by atoms with E-state index in [0.29, 0.717) is 17.6 Å². The van der Waals surface area contributed by atoms with Crippen LogP contribution in [0.1, 0.15) is 53.5 Å². The summed E-state index contributed by atoms with van der Waals surface area (Å²) in [5, 5.41) is 10.4. The largest absolute Gasteiger partial charge is 0.370 e. The van der Waals surface area contributed by atoms with Crippen LogP contribution in [0.3, 0.4) is 0 Å². The third-order valence-electron chi connectivity index (χ3n) is 7.62. The second-order valence-corrected chi connectivity index (χ2v) is 9.96. The quantitative estimate of drug-likeness (QED) is 0.544. The van der Waals surface area contributed by atoms with Crippen molar-refractivity contribution in [2.75, 3.05) is 29.9 Å². The smallest absolute Gasteiger partial charge is 0.255 e. The molecule has 0 spiro atoms. The van der Waals surface area contributed by atoms with Crippen molar-refractivity contribution in [1.82, 2.24) is 15.1 Å². The first-order chi connectivity index (χ1) is 16.4. The molecule has 2 fully saturated rings. The van der Waals surface area contributed by atoms with Crippen LogP contribution in [-0.4, -0.2) is 52.7 Å². The number of nitrogens with zero attached hydrogens (tertiary/aromatic N) is 3. The molecule has 0 bridgehead atoms. The number of H-pyrrole nitrogens is 1. The Hall–Kier alpha value is -3.12. The Morgan fingerprint density at radius 1 is 1.06 bits per heavy atom. The fraction of sp³-hybridized carbons (Fsp3) is 0.429. The van der Waals surface area contributed by atoms with Crippen LogP contribution in [0.15, 0.2) is 42.5 Å². The second kappa shape index (κ2) is 9.26. The van der Waals surface area contributed by atoms with Crippen molar-refractivity contribution < 1.29 is 4.79 Å². The van der Waals surface area contributed by atoms with Crippen LogP contribution >= 0.6 is 0 Å². The Morgan fingerprint density at radius 3 is 2.50 bits per heavy atom. The van der Waals surface area contributed by atoms with E-state index in [9.17, 15) is 4.79 Å². The van der Waals surface area contributed by atoms with Gasteiger partial charge in [-0.3, -0.25) is 14.8 Å². The Kier molecular flexibility index (Phi) is 6.17. The second-order valence-electron chi connectivity index (χ2n) is 9.96. The van der Waals surface area contributed by atoms with Crippen LogP contribution in [0.5, 0.6) is 0 Å². The van der Waals surface area contributed by atoms with Gasteiger partial charge in [0.1, 0.15) is 0 Å². The van der Waals surface area contributed by atoms with Crippen LogP contribution in [0.4, 0.5) is 11.4 Å². The molecule has 2 N–H and O–H groups in total. The predicted molar refractivity (Wildman–Crippen MR) is 139 cm³/mol. The van der Waals surface area contributed by atoms with Gasteiger partial charge in [-0.1, -0.05) is 12.1 Å². The summed E-state index contributed by atoms with van der Waals surface area (Å²) in [6.07, 6.45) is 3.89. The first-order valence-corrected chi connectivity index (χ1v) is 12.5. The summed E-state index contributed by atoms with van der Waals surface area (Å²) >= 11 is 0. The highest BCUT2D eigenvalue weighted by Crippen LogP contribution is 2.30. The topological polar surface area (TPSA) is 64.3 Å². The molecule has 3 heterocycles. The SMILES string of the molecule is Cc1cc(N2CCC(N3CCCC3C)C2)ccc1NC(=O)c1ccc(-c2c(C)n[nH]c2C)cc1. The molecule has 2 aromatic carbocycles. The highest BCUT2D eigenvalue weighted by molar-refractivity contribution is 6.05. The number of benzene rings is 2. The molecule has 178 valence electrons. The summed E-state index contributed by atoms with van der Waals surface area (Å²) in [4.78, 5) is 18.1. The first-order valence-electron chi connectivity index (χ1n) is 12.5. The molecule has 2 aliphatic rings. The van der Waals surface area contributed by atoms with Crippen molar-refractivity contribution >= 4 is 17.3 Å². The maximum absolute atomic E-state index is 12.9. The summed E-state index contributed by atoms with van der Waals surface area (Å²) < 4.78 is 0. The van der Waals surface area contributed by atoms with E-state index in [1.807, 2.05) is 44.2 Å². The Balaban J connectivity index is 1.24. The average molecular weight is 458 g/mol. The van der Waals surface area contributed by atoms with Gasteiger partial charge in [-0.25, -0.2) is 0 Å². The molecule has 1 aromatic heterocycles. The van der Waals surface area contributed by atoms with E-state index in [0.717, 1.165) is 46.9 Å². The van der Waals surface area contributed by atoms with Gasteiger partial charge >= 0.3 is 0 Å². The lowest BCUT2D eigenvalue weighted by Gasteiger charge is -2.28. The molecule has 2 saturated heterocycles. The normalized spacial score (nSPS) is 20.8. The zero-order chi connectivity index (χ0) is 23.8. The molecular weight excluding hydrogens is 422 g/mol. The van der Waals surface area contributed by atoms with Gasteiger partial charge in [0.2, 0.25) is 0 Å². The monoisotopic (exact) mass is 457 g/mol. The summed E-state index contributed by atoms with van der Waals surface area (Å²) in [7, 11) is 0. The van der Waals surface area contributed by atoms with Gasteiger partial charge in [-0.2, -0.15) is 5.10 Å². The van der Waals surface area contributed by atoms with Gasteiger partial charge in [0.25, 0.3) is 5.91 Å². The summed E-state index contributed by atoms with van der Waals surface area (Å²) in [5.41, 5.74) is 8.01. The summed E-state index contributed by atoms with van der Waals surface area (Å²) in [5.74, 6) is -0.0905. The van der Waals surface area contributed by atoms with E-state index < -0.39 is 0 Å². The molecule has 6 heteroatoms. The molecule has 34 heavy (non-hydrogen) atoms. The van der Waals surface area contributed by atoms with E-state index in [1.165, 1.54) is 31.5 Å². The highest BCUT2D eigenvalue weighted by Gasteiger charge is 2.33. The van der Waals surface area contributed by atoms with E-state index in [4.69, 9.17) is 0 Å². The Labute approximate surface area is 202 Å². The van der Waals surface area contributed by atoms with Crippen molar-refractivity contribution in [3.05, 3.63) is 65.0 Å². The zero-order valence-corrected chi connectivity index (χ0v) is 20.7. The highest BCUT2D eigenvalue weighted by atomic mass is 16.1. The molecule has 6 nitrogen and oxygen atoms in total. The number of carbonyl (C=O) groups is 1. The predicted octanol–water partition coefficient (Wildman–Crippen LogP) is 5.32. The molecule has 0 radical (unpaired) electrons. The minimum absolute atomic E-state index is 0.0905. The Bertz CT molecular complexity index is 1160. The van der Waals surface area contributed by atoms with E-state index in [1.54, 1.807) is 0 Å². The van der Waals surface area contributed by atoms with Crippen LogP contribution < -0.4 is 10.2 Å². The number of aromatic amines is 1. The van der Waals surface area contributed by atoms with Gasteiger partial charge < -0.3 is 10.2 Å². The summed E-state index contributed by atoms with van der Waals surface area (Å²) in [6.45, 7) is 11.9. The number of likely N-dealkylation sites (tertiary alicyclic amines) is 1. The molecule has 0 aliphatic carbocycles. The number of aromatic nitrogens is 2. The van der Waals surface area contributed by atoms with Gasteiger partial charge in [0.15, 0.2) is 0 Å². The molecule has 2 atom stereocenters. The van der Waals surface area contributed by atoms with Gasteiger partial charge in [0.05, 0.1) is 5.69 Å². The maximum Gasteiger partial charge on any atom is 0.255 e. The number of rotatable bonds is 5. The number of anilines is 2. The fourth-order valence-electron chi connectivity index (χ4n) is 5.69. The van der Waals surface area contributed by atoms with E-state index in [-0.39, 0.29) is 5.91 Å².